The van der Waals surface area contributed by atoms with Gasteiger partial charge in [-0.15, -0.1) is 0 Å². The molecule has 1 saturated carbocycles. The van der Waals surface area contributed by atoms with Crippen molar-refractivity contribution >= 4 is 11.6 Å². The zero-order valence-corrected chi connectivity index (χ0v) is 9.93. The molecule has 0 unspecified atom stereocenters. The fourth-order valence-corrected chi connectivity index (χ4v) is 1.97. The number of nitrogens with two attached hydrogens (primary N) is 1. The molecule has 1 aliphatic carbocycles. The van der Waals surface area contributed by atoms with E-state index in [1.54, 1.807) is 0 Å². The van der Waals surface area contributed by atoms with Crippen LogP contribution in [0.15, 0.2) is 12.1 Å². The van der Waals surface area contributed by atoms with E-state index in [-0.39, 0.29) is 17.2 Å². The van der Waals surface area contributed by atoms with E-state index >= 15 is 0 Å². The molecule has 100 valence electrons. The number of hydrazine groups is 1. The number of hydrogen-bond donors (Lipinski definition) is 3. The Kier molecular flexibility index (Phi) is 3.10. The van der Waals surface area contributed by atoms with Crippen LogP contribution in [0.4, 0.5) is 24.8 Å². The molecule has 7 heteroatoms. The summed E-state index contributed by atoms with van der Waals surface area (Å²) in [7, 11) is 0. The first-order valence-corrected chi connectivity index (χ1v) is 5.66. The van der Waals surface area contributed by atoms with Crippen molar-refractivity contribution in [2.45, 2.75) is 37.9 Å². The number of pyridine rings is 1. The molecule has 0 aliphatic heterocycles. The predicted octanol–water partition coefficient (Wildman–Crippen LogP) is 2.74. The smallest absolute Gasteiger partial charge is 0.365 e. The lowest BCUT2D eigenvalue weighted by molar-refractivity contribution is -0.137. The van der Waals surface area contributed by atoms with E-state index < -0.39 is 11.7 Å². The highest BCUT2D eigenvalue weighted by Gasteiger charge is 2.34. The minimum atomic E-state index is -4.41. The van der Waals surface area contributed by atoms with Crippen LogP contribution in [0.2, 0.25) is 0 Å². The number of nitrogen functional groups attached to an aromatic ring is 1. The number of anilines is 2. The summed E-state index contributed by atoms with van der Waals surface area (Å²) in [5.41, 5.74) is 1.22. The van der Waals surface area contributed by atoms with Gasteiger partial charge in [0.05, 0.1) is 5.56 Å². The molecule has 1 aliphatic rings. The van der Waals surface area contributed by atoms with Gasteiger partial charge in [0, 0.05) is 5.54 Å². The zero-order valence-electron chi connectivity index (χ0n) is 9.93. The molecular weight excluding hydrogens is 245 g/mol. The van der Waals surface area contributed by atoms with Gasteiger partial charge in [0.1, 0.15) is 11.6 Å². The van der Waals surface area contributed by atoms with Crippen molar-refractivity contribution in [3.05, 3.63) is 17.7 Å². The van der Waals surface area contributed by atoms with Gasteiger partial charge in [-0.3, -0.25) is 0 Å². The van der Waals surface area contributed by atoms with Crippen molar-refractivity contribution in [1.29, 1.82) is 0 Å². The van der Waals surface area contributed by atoms with Gasteiger partial charge in [0.25, 0.3) is 0 Å². The first-order valence-electron chi connectivity index (χ1n) is 5.66. The Labute approximate surface area is 103 Å². The van der Waals surface area contributed by atoms with Crippen LogP contribution in [-0.2, 0) is 6.18 Å². The summed E-state index contributed by atoms with van der Waals surface area (Å²) in [5, 5.41) is 3.04. The van der Waals surface area contributed by atoms with Gasteiger partial charge in [0.2, 0.25) is 0 Å². The molecule has 0 radical (unpaired) electrons. The Bertz CT molecular complexity index is 440. The third-order valence-electron chi connectivity index (χ3n) is 3.19. The van der Waals surface area contributed by atoms with Crippen molar-refractivity contribution in [1.82, 2.24) is 4.98 Å². The number of nitrogens with one attached hydrogen (secondary N) is 2. The van der Waals surface area contributed by atoms with Crippen LogP contribution in [-0.4, -0.2) is 10.5 Å². The summed E-state index contributed by atoms with van der Waals surface area (Å²) in [5.74, 6) is 5.32. The fourth-order valence-electron chi connectivity index (χ4n) is 1.97. The lowest BCUT2D eigenvalue weighted by atomic mass is 9.78. The van der Waals surface area contributed by atoms with Crippen molar-refractivity contribution in [3.63, 3.8) is 0 Å². The number of halogens is 3. The zero-order chi connectivity index (χ0) is 13.4. The van der Waals surface area contributed by atoms with Crippen LogP contribution in [0, 0.1) is 0 Å². The Balaban J connectivity index is 2.29. The third kappa shape index (κ3) is 2.66. The molecule has 0 amide bonds. The topological polar surface area (TPSA) is 63.0 Å². The van der Waals surface area contributed by atoms with Gasteiger partial charge in [-0.05, 0) is 38.3 Å². The largest absolute Gasteiger partial charge is 0.416 e. The van der Waals surface area contributed by atoms with Crippen LogP contribution >= 0.6 is 0 Å². The lowest BCUT2D eigenvalue weighted by Crippen LogP contribution is -2.42. The standard InChI is InChI=1S/C11H15F3N4/c1-10(3-2-4-10)17-8-5-7(11(12,13)14)6-9(16-8)18-15/h5-6H,2-4,15H2,1H3,(H2,16,17,18). The summed E-state index contributed by atoms with van der Waals surface area (Å²) in [6, 6.07) is 1.89. The molecule has 0 bridgehead atoms. The Morgan fingerprint density at radius 1 is 1.28 bits per heavy atom. The molecule has 0 spiro atoms. The molecule has 0 atom stereocenters. The molecule has 1 heterocycles. The highest BCUT2D eigenvalue weighted by atomic mass is 19.4. The fraction of sp³-hybridized carbons (Fsp3) is 0.545. The highest BCUT2D eigenvalue weighted by molar-refractivity contribution is 5.50. The molecule has 4 nitrogen and oxygen atoms in total. The molecule has 1 fully saturated rings. The summed E-state index contributed by atoms with van der Waals surface area (Å²) in [6.45, 7) is 1.97. The third-order valence-corrected chi connectivity index (χ3v) is 3.19. The average Bonchev–Trinajstić information content (AvgIpc) is 2.25. The van der Waals surface area contributed by atoms with Crippen molar-refractivity contribution in [2.75, 3.05) is 10.7 Å². The summed E-state index contributed by atoms with van der Waals surface area (Å²) in [6.07, 6.45) is -1.48. The van der Waals surface area contributed by atoms with Gasteiger partial charge in [-0.1, -0.05) is 0 Å². The Morgan fingerprint density at radius 3 is 2.33 bits per heavy atom. The van der Waals surface area contributed by atoms with Crippen molar-refractivity contribution in [3.8, 4) is 0 Å². The van der Waals surface area contributed by atoms with Gasteiger partial charge >= 0.3 is 6.18 Å². The maximum absolute atomic E-state index is 12.7. The normalized spacial score (nSPS) is 18.1. The van der Waals surface area contributed by atoms with Gasteiger partial charge < -0.3 is 10.7 Å². The molecular formula is C11H15F3N4. The summed E-state index contributed by atoms with van der Waals surface area (Å²) >= 11 is 0. The van der Waals surface area contributed by atoms with Crippen LogP contribution in [0.1, 0.15) is 31.7 Å². The molecule has 1 aromatic rings. The molecule has 0 aromatic carbocycles. The monoisotopic (exact) mass is 260 g/mol. The molecule has 4 N–H and O–H groups in total. The van der Waals surface area contributed by atoms with Crippen molar-refractivity contribution in [2.24, 2.45) is 5.84 Å². The molecule has 0 saturated heterocycles. The SMILES string of the molecule is CC1(Nc2cc(C(F)(F)F)cc(NN)n2)CCC1. The van der Waals surface area contributed by atoms with Gasteiger partial charge in [0.15, 0.2) is 0 Å². The van der Waals surface area contributed by atoms with E-state index in [2.05, 4.69) is 15.7 Å². The average molecular weight is 260 g/mol. The number of hydrogen-bond acceptors (Lipinski definition) is 4. The Morgan fingerprint density at radius 2 is 1.89 bits per heavy atom. The van der Waals surface area contributed by atoms with Crippen LogP contribution in [0.5, 0.6) is 0 Å². The lowest BCUT2D eigenvalue weighted by Gasteiger charge is -2.39. The maximum Gasteiger partial charge on any atom is 0.416 e. The molecule has 18 heavy (non-hydrogen) atoms. The first-order chi connectivity index (χ1) is 8.32. The maximum atomic E-state index is 12.7. The van der Waals surface area contributed by atoms with Gasteiger partial charge in [-0.25, -0.2) is 10.8 Å². The van der Waals surface area contributed by atoms with E-state index in [0.717, 1.165) is 31.4 Å². The summed E-state index contributed by atoms with van der Waals surface area (Å²) < 4.78 is 38.1. The first kappa shape index (κ1) is 12.9. The van der Waals surface area contributed by atoms with E-state index in [9.17, 15) is 13.2 Å². The van der Waals surface area contributed by atoms with Crippen LogP contribution in [0.3, 0.4) is 0 Å². The van der Waals surface area contributed by atoms with E-state index in [0.29, 0.717) is 0 Å². The second-order valence-corrected chi connectivity index (χ2v) is 4.81. The molecule has 1 aromatic heterocycles. The Hall–Kier alpha value is -1.50. The van der Waals surface area contributed by atoms with E-state index in [1.165, 1.54) is 0 Å². The second kappa shape index (κ2) is 4.31. The van der Waals surface area contributed by atoms with Crippen LogP contribution in [0.25, 0.3) is 0 Å². The minimum absolute atomic E-state index is 0.00440. The van der Waals surface area contributed by atoms with Crippen LogP contribution < -0.4 is 16.6 Å². The van der Waals surface area contributed by atoms with E-state index in [4.69, 9.17) is 5.84 Å². The number of aromatic nitrogens is 1. The predicted molar refractivity (Wildman–Crippen MR) is 62.9 cm³/mol. The highest BCUT2D eigenvalue weighted by Crippen LogP contribution is 2.36. The number of rotatable bonds is 3. The second-order valence-electron chi connectivity index (χ2n) is 4.81. The van der Waals surface area contributed by atoms with Gasteiger partial charge in [-0.2, -0.15) is 13.2 Å². The molecule has 2 rings (SSSR count). The number of nitrogens with zero attached hydrogens (tertiary/aromatic N) is 1. The summed E-state index contributed by atoms with van der Waals surface area (Å²) in [4.78, 5) is 3.99. The minimum Gasteiger partial charge on any atom is -0.365 e. The van der Waals surface area contributed by atoms with E-state index in [1.807, 2.05) is 6.92 Å². The van der Waals surface area contributed by atoms with Crippen molar-refractivity contribution < 1.29 is 13.2 Å². The number of alkyl halides is 3. The quantitative estimate of drug-likeness (QED) is 0.577.